The summed E-state index contributed by atoms with van der Waals surface area (Å²) in [5.41, 5.74) is 0.542. The Kier molecular flexibility index (Phi) is 4.43. The van der Waals surface area contributed by atoms with Crippen molar-refractivity contribution in [1.29, 1.82) is 0 Å². The molecule has 1 aromatic rings. The van der Waals surface area contributed by atoms with E-state index in [2.05, 4.69) is 0 Å². The van der Waals surface area contributed by atoms with Crippen LogP contribution in [0.4, 0.5) is 0 Å². The van der Waals surface area contributed by atoms with Crippen LogP contribution in [0.3, 0.4) is 0 Å². The second-order valence-electron chi connectivity index (χ2n) is 6.61. The molecule has 0 bridgehead atoms. The van der Waals surface area contributed by atoms with E-state index in [-0.39, 0.29) is 23.1 Å². The van der Waals surface area contributed by atoms with E-state index in [0.29, 0.717) is 38.4 Å². The first-order valence-electron chi connectivity index (χ1n) is 8.20. The molecule has 0 aliphatic carbocycles. The number of ether oxygens (including phenoxy) is 1. The van der Waals surface area contributed by atoms with Crippen molar-refractivity contribution in [2.24, 2.45) is 11.3 Å². The van der Waals surface area contributed by atoms with Crippen LogP contribution in [-0.4, -0.2) is 61.0 Å². The van der Waals surface area contributed by atoms with Gasteiger partial charge in [0, 0.05) is 51.0 Å². The van der Waals surface area contributed by atoms with Crippen LogP contribution < -0.4 is 0 Å². The summed E-state index contributed by atoms with van der Waals surface area (Å²) in [6.07, 6.45) is 3.89. The second kappa shape index (κ2) is 6.35. The molecule has 1 aromatic heterocycles. The normalized spacial score (nSPS) is 27.1. The smallest absolute Gasteiger partial charge is 0.257 e. The monoisotopic (exact) mass is 320 g/mol. The van der Waals surface area contributed by atoms with Crippen LogP contribution in [0.15, 0.2) is 23.0 Å². The van der Waals surface area contributed by atoms with Crippen molar-refractivity contribution in [3.8, 4) is 0 Å². The van der Waals surface area contributed by atoms with Crippen LogP contribution in [0.25, 0.3) is 0 Å². The molecule has 2 atom stereocenters. The minimum absolute atomic E-state index is 0.00148. The largest absolute Gasteiger partial charge is 0.472 e. The molecule has 126 valence electrons. The highest BCUT2D eigenvalue weighted by molar-refractivity contribution is 5.94. The molecule has 0 saturated carbocycles. The van der Waals surface area contributed by atoms with E-state index in [0.717, 1.165) is 13.0 Å². The standard InChI is InChI=1S/C17H24N2O4/c1-3-22-12-17-5-6-18(13(2)20)8-15(17)9-19(11-17)16(21)14-4-7-23-10-14/h4,7,10,15H,3,5-6,8-9,11-12H2,1-2H3/t15-,17+/m1/s1. The molecular formula is C17H24N2O4. The molecule has 0 aromatic carbocycles. The maximum atomic E-state index is 12.6. The molecule has 6 nitrogen and oxygen atoms in total. The van der Waals surface area contributed by atoms with Crippen molar-refractivity contribution in [2.75, 3.05) is 39.4 Å². The highest BCUT2D eigenvalue weighted by atomic mass is 16.5. The fraction of sp³-hybridized carbons (Fsp3) is 0.647. The summed E-state index contributed by atoms with van der Waals surface area (Å²) in [7, 11) is 0. The Morgan fingerprint density at radius 3 is 2.83 bits per heavy atom. The predicted octanol–water partition coefficient (Wildman–Crippen LogP) is 1.63. The number of carbonyl (C=O) groups is 2. The molecule has 3 rings (SSSR count). The zero-order chi connectivity index (χ0) is 16.4. The molecule has 0 unspecified atom stereocenters. The van der Waals surface area contributed by atoms with Crippen molar-refractivity contribution in [3.63, 3.8) is 0 Å². The molecule has 2 saturated heterocycles. The van der Waals surface area contributed by atoms with Crippen molar-refractivity contribution < 1.29 is 18.7 Å². The van der Waals surface area contributed by atoms with Gasteiger partial charge in [0.25, 0.3) is 5.91 Å². The first kappa shape index (κ1) is 16.1. The third kappa shape index (κ3) is 3.00. The summed E-state index contributed by atoms with van der Waals surface area (Å²) >= 11 is 0. The number of nitrogens with zero attached hydrogens (tertiary/aromatic N) is 2. The molecule has 0 N–H and O–H groups in total. The van der Waals surface area contributed by atoms with Crippen LogP contribution in [-0.2, 0) is 9.53 Å². The highest BCUT2D eigenvalue weighted by Crippen LogP contribution is 2.43. The fourth-order valence-electron chi connectivity index (χ4n) is 3.83. The first-order chi connectivity index (χ1) is 11.1. The van der Waals surface area contributed by atoms with Crippen molar-refractivity contribution in [2.45, 2.75) is 20.3 Å². The maximum Gasteiger partial charge on any atom is 0.257 e. The lowest BCUT2D eigenvalue weighted by Gasteiger charge is -2.42. The molecule has 6 heteroatoms. The summed E-state index contributed by atoms with van der Waals surface area (Å²) in [5.74, 6) is 0.371. The van der Waals surface area contributed by atoms with Gasteiger partial charge in [-0.2, -0.15) is 0 Å². The number of carbonyl (C=O) groups excluding carboxylic acids is 2. The van der Waals surface area contributed by atoms with Crippen LogP contribution in [0.2, 0.25) is 0 Å². The lowest BCUT2D eigenvalue weighted by Crippen LogP contribution is -2.50. The van der Waals surface area contributed by atoms with Crippen LogP contribution in [0.1, 0.15) is 30.6 Å². The van der Waals surface area contributed by atoms with Gasteiger partial charge in [-0.25, -0.2) is 0 Å². The molecule has 2 fully saturated rings. The minimum atomic E-state index is -0.0403. The molecule has 2 amide bonds. The summed E-state index contributed by atoms with van der Waals surface area (Å²) < 4.78 is 10.8. The second-order valence-corrected chi connectivity index (χ2v) is 6.61. The quantitative estimate of drug-likeness (QED) is 0.846. The SMILES string of the molecule is CCOC[C@@]12CCN(C(C)=O)C[C@@H]1CN(C(=O)c1ccoc1)C2. The Hall–Kier alpha value is -1.82. The minimum Gasteiger partial charge on any atom is -0.472 e. The molecule has 3 heterocycles. The van der Waals surface area contributed by atoms with Gasteiger partial charge in [-0.15, -0.1) is 0 Å². The summed E-state index contributed by atoms with van der Waals surface area (Å²) in [5, 5.41) is 0. The van der Waals surface area contributed by atoms with E-state index >= 15 is 0 Å². The van der Waals surface area contributed by atoms with E-state index in [1.165, 1.54) is 12.5 Å². The molecule has 2 aliphatic heterocycles. The van der Waals surface area contributed by atoms with Gasteiger partial charge in [0.05, 0.1) is 18.4 Å². The number of piperidine rings is 1. The number of hydrogen-bond donors (Lipinski definition) is 0. The third-order valence-electron chi connectivity index (χ3n) is 5.23. The number of fused-ring (bicyclic) bond motifs is 1. The summed E-state index contributed by atoms with van der Waals surface area (Å²) in [4.78, 5) is 28.1. The number of rotatable bonds is 4. The van der Waals surface area contributed by atoms with Crippen LogP contribution in [0, 0.1) is 11.3 Å². The molecular weight excluding hydrogens is 296 g/mol. The van der Waals surface area contributed by atoms with Gasteiger partial charge >= 0.3 is 0 Å². The van der Waals surface area contributed by atoms with Gasteiger partial charge < -0.3 is 19.0 Å². The average Bonchev–Trinajstić information content (AvgIpc) is 3.19. The Morgan fingerprint density at radius 2 is 2.17 bits per heavy atom. The van der Waals surface area contributed by atoms with E-state index in [9.17, 15) is 9.59 Å². The van der Waals surface area contributed by atoms with Gasteiger partial charge in [0.2, 0.25) is 5.91 Å². The van der Waals surface area contributed by atoms with E-state index in [4.69, 9.17) is 9.15 Å². The van der Waals surface area contributed by atoms with Gasteiger partial charge in [-0.05, 0) is 19.4 Å². The predicted molar refractivity (Wildman–Crippen MR) is 83.9 cm³/mol. The fourth-order valence-corrected chi connectivity index (χ4v) is 3.83. The number of likely N-dealkylation sites (tertiary alicyclic amines) is 2. The molecule has 0 spiro atoms. The lowest BCUT2D eigenvalue weighted by atomic mass is 9.73. The maximum absolute atomic E-state index is 12.6. The summed E-state index contributed by atoms with van der Waals surface area (Å²) in [6, 6.07) is 1.70. The van der Waals surface area contributed by atoms with Crippen molar-refractivity contribution >= 4 is 11.8 Å². The Bertz CT molecular complexity index is 571. The van der Waals surface area contributed by atoms with Crippen LogP contribution >= 0.6 is 0 Å². The first-order valence-corrected chi connectivity index (χ1v) is 8.20. The lowest BCUT2D eigenvalue weighted by molar-refractivity contribution is -0.133. The average molecular weight is 320 g/mol. The number of furan rings is 1. The molecule has 23 heavy (non-hydrogen) atoms. The number of hydrogen-bond acceptors (Lipinski definition) is 4. The molecule has 0 radical (unpaired) electrons. The van der Waals surface area contributed by atoms with Gasteiger partial charge in [-0.1, -0.05) is 0 Å². The highest BCUT2D eigenvalue weighted by Gasteiger charge is 2.51. The number of amides is 2. The van der Waals surface area contributed by atoms with E-state index < -0.39 is 0 Å². The van der Waals surface area contributed by atoms with E-state index in [1.54, 1.807) is 13.0 Å². The Labute approximate surface area is 136 Å². The van der Waals surface area contributed by atoms with Crippen molar-refractivity contribution in [3.05, 3.63) is 24.2 Å². The van der Waals surface area contributed by atoms with E-state index in [1.807, 2.05) is 16.7 Å². The zero-order valence-electron chi connectivity index (χ0n) is 13.8. The third-order valence-corrected chi connectivity index (χ3v) is 5.23. The van der Waals surface area contributed by atoms with Gasteiger partial charge in [0.15, 0.2) is 0 Å². The zero-order valence-corrected chi connectivity index (χ0v) is 13.8. The summed E-state index contributed by atoms with van der Waals surface area (Å²) in [6.45, 7) is 7.72. The van der Waals surface area contributed by atoms with Gasteiger partial charge in [0.1, 0.15) is 6.26 Å². The van der Waals surface area contributed by atoms with Gasteiger partial charge in [-0.3, -0.25) is 9.59 Å². The molecule has 2 aliphatic rings. The Morgan fingerprint density at radius 1 is 1.39 bits per heavy atom. The Balaban J connectivity index is 1.78. The van der Waals surface area contributed by atoms with Crippen LogP contribution in [0.5, 0.6) is 0 Å². The van der Waals surface area contributed by atoms with Crippen molar-refractivity contribution in [1.82, 2.24) is 9.80 Å². The topological polar surface area (TPSA) is 63.0 Å².